The molecule has 27 heavy (non-hydrogen) atoms. The van der Waals surface area contributed by atoms with Gasteiger partial charge in [-0.1, -0.05) is 13.0 Å². The normalized spacial score (nSPS) is 15.7. The van der Waals surface area contributed by atoms with Crippen LogP contribution in [0.25, 0.3) is 5.69 Å². The van der Waals surface area contributed by atoms with Crippen molar-refractivity contribution in [2.75, 3.05) is 33.3 Å². The molecular weight excluding hydrogens is 340 g/mol. The lowest BCUT2D eigenvalue weighted by atomic mass is 9.99. The molecule has 0 unspecified atom stereocenters. The first-order valence-corrected chi connectivity index (χ1v) is 9.78. The quantitative estimate of drug-likeness (QED) is 0.761. The van der Waals surface area contributed by atoms with E-state index in [-0.39, 0.29) is 5.91 Å². The van der Waals surface area contributed by atoms with E-state index in [9.17, 15) is 4.79 Å². The second-order valence-electron chi connectivity index (χ2n) is 7.45. The first-order chi connectivity index (χ1) is 13.1. The number of hydrogen-bond donors (Lipinski definition) is 1. The number of hydrogen-bond acceptors (Lipinski definition) is 4. The summed E-state index contributed by atoms with van der Waals surface area (Å²) in [5, 5.41) is 7.40. The first-order valence-electron chi connectivity index (χ1n) is 9.78. The van der Waals surface area contributed by atoms with Gasteiger partial charge in [0.25, 0.3) is 5.91 Å². The third-order valence-electron chi connectivity index (χ3n) is 5.22. The summed E-state index contributed by atoms with van der Waals surface area (Å²) in [5.41, 5.74) is 2.36. The van der Waals surface area contributed by atoms with Crippen LogP contribution in [0.15, 0.2) is 30.5 Å². The van der Waals surface area contributed by atoms with E-state index in [0.29, 0.717) is 12.2 Å². The van der Waals surface area contributed by atoms with Gasteiger partial charge < -0.3 is 15.0 Å². The molecule has 1 fully saturated rings. The summed E-state index contributed by atoms with van der Waals surface area (Å²) in [6.07, 6.45) is 5.33. The van der Waals surface area contributed by atoms with Gasteiger partial charge >= 0.3 is 0 Å². The summed E-state index contributed by atoms with van der Waals surface area (Å²) in [6.45, 7) is 8.41. The Balaban J connectivity index is 1.51. The van der Waals surface area contributed by atoms with Gasteiger partial charge in [0.1, 0.15) is 11.4 Å². The number of carbonyl (C=O) groups is 1. The fraction of sp³-hybridized carbons (Fsp3) is 0.524. The number of aryl methyl sites for hydroxylation is 1. The van der Waals surface area contributed by atoms with Gasteiger partial charge in [-0.3, -0.25) is 4.79 Å². The van der Waals surface area contributed by atoms with Gasteiger partial charge in [0.15, 0.2) is 5.69 Å². The van der Waals surface area contributed by atoms with Gasteiger partial charge in [-0.15, -0.1) is 0 Å². The number of piperidine rings is 1. The molecule has 2 heterocycles. The molecule has 0 spiro atoms. The van der Waals surface area contributed by atoms with E-state index < -0.39 is 0 Å². The minimum atomic E-state index is -0.132. The molecule has 1 aliphatic heterocycles. The molecule has 2 aromatic rings. The molecule has 1 aliphatic rings. The number of nitrogens with one attached hydrogen (secondary N) is 1. The Bertz CT molecular complexity index is 763. The third kappa shape index (κ3) is 5.10. The van der Waals surface area contributed by atoms with Crippen LogP contribution in [0.2, 0.25) is 0 Å². The molecule has 3 rings (SSSR count). The van der Waals surface area contributed by atoms with Crippen molar-refractivity contribution in [1.29, 1.82) is 0 Å². The number of benzene rings is 1. The number of methoxy groups -OCH3 is 1. The molecule has 1 amide bonds. The summed E-state index contributed by atoms with van der Waals surface area (Å²) in [5.74, 6) is 1.45. The molecule has 0 atom stereocenters. The van der Waals surface area contributed by atoms with Crippen LogP contribution in [0.5, 0.6) is 5.75 Å². The zero-order valence-corrected chi connectivity index (χ0v) is 16.6. The molecule has 1 aromatic heterocycles. The van der Waals surface area contributed by atoms with Crippen LogP contribution in [0.3, 0.4) is 0 Å². The number of rotatable bonds is 7. The Morgan fingerprint density at radius 2 is 2.07 bits per heavy atom. The SMILES string of the molecule is COc1ccc(C)cc1-n1ccc(C(=O)NCCCN2CCC(C)CC2)n1. The van der Waals surface area contributed by atoms with Crippen molar-refractivity contribution >= 4 is 5.91 Å². The average molecular weight is 370 g/mol. The highest BCUT2D eigenvalue weighted by Crippen LogP contribution is 2.23. The van der Waals surface area contributed by atoms with Crippen LogP contribution in [0.4, 0.5) is 0 Å². The molecule has 0 saturated carbocycles. The summed E-state index contributed by atoms with van der Waals surface area (Å²) in [7, 11) is 1.63. The molecule has 6 heteroatoms. The number of likely N-dealkylation sites (tertiary alicyclic amines) is 1. The highest BCUT2D eigenvalue weighted by Gasteiger charge is 2.16. The van der Waals surface area contributed by atoms with Gasteiger partial charge in [0, 0.05) is 12.7 Å². The van der Waals surface area contributed by atoms with Gasteiger partial charge in [-0.25, -0.2) is 4.68 Å². The lowest BCUT2D eigenvalue weighted by molar-refractivity contribution is 0.0945. The molecule has 0 radical (unpaired) electrons. The van der Waals surface area contributed by atoms with Gasteiger partial charge in [0.2, 0.25) is 0 Å². The maximum absolute atomic E-state index is 12.4. The Morgan fingerprint density at radius 1 is 1.30 bits per heavy atom. The zero-order chi connectivity index (χ0) is 19.2. The van der Waals surface area contributed by atoms with Crippen molar-refractivity contribution in [2.45, 2.75) is 33.1 Å². The number of amides is 1. The smallest absolute Gasteiger partial charge is 0.271 e. The van der Waals surface area contributed by atoms with Crippen molar-refractivity contribution in [3.8, 4) is 11.4 Å². The van der Waals surface area contributed by atoms with Crippen molar-refractivity contribution in [2.24, 2.45) is 5.92 Å². The van der Waals surface area contributed by atoms with Crippen LogP contribution >= 0.6 is 0 Å². The summed E-state index contributed by atoms with van der Waals surface area (Å²) in [6, 6.07) is 7.63. The Labute approximate surface area is 161 Å². The van der Waals surface area contributed by atoms with Crippen molar-refractivity contribution in [3.63, 3.8) is 0 Å². The molecule has 0 bridgehead atoms. The molecule has 1 saturated heterocycles. The monoisotopic (exact) mass is 370 g/mol. The van der Waals surface area contributed by atoms with Crippen LogP contribution in [-0.2, 0) is 0 Å². The molecule has 0 aliphatic carbocycles. The lowest BCUT2D eigenvalue weighted by Gasteiger charge is -2.30. The highest BCUT2D eigenvalue weighted by molar-refractivity contribution is 5.92. The number of nitrogens with zero attached hydrogens (tertiary/aromatic N) is 3. The van der Waals surface area contributed by atoms with Crippen LogP contribution < -0.4 is 10.1 Å². The van der Waals surface area contributed by atoms with Gasteiger partial charge in [-0.2, -0.15) is 5.10 Å². The van der Waals surface area contributed by atoms with Crippen molar-refractivity contribution in [3.05, 3.63) is 41.7 Å². The Morgan fingerprint density at radius 3 is 2.81 bits per heavy atom. The van der Waals surface area contributed by atoms with Crippen LogP contribution in [-0.4, -0.2) is 53.9 Å². The maximum atomic E-state index is 12.4. The standard InChI is InChI=1S/C21H30N4O2/c1-16-7-12-24(13-8-16)11-4-10-22-21(26)18-9-14-25(23-18)19-15-17(2)5-6-20(19)27-3/h5-6,9,14-16H,4,7-8,10-13H2,1-3H3,(H,22,26). The van der Waals surface area contributed by atoms with Crippen molar-refractivity contribution in [1.82, 2.24) is 20.0 Å². The third-order valence-corrected chi connectivity index (χ3v) is 5.22. The van der Waals surface area contributed by atoms with E-state index in [1.54, 1.807) is 24.1 Å². The molecule has 1 aromatic carbocycles. The van der Waals surface area contributed by atoms with Crippen LogP contribution in [0.1, 0.15) is 42.2 Å². The number of ether oxygens (including phenoxy) is 1. The summed E-state index contributed by atoms with van der Waals surface area (Å²) < 4.78 is 7.09. The predicted molar refractivity (Wildman–Crippen MR) is 107 cm³/mol. The highest BCUT2D eigenvalue weighted by atomic mass is 16.5. The Hall–Kier alpha value is -2.34. The lowest BCUT2D eigenvalue weighted by Crippen LogP contribution is -2.35. The molecular formula is C21H30N4O2. The number of aromatic nitrogens is 2. The Kier molecular flexibility index (Phi) is 6.50. The van der Waals surface area contributed by atoms with Crippen molar-refractivity contribution < 1.29 is 9.53 Å². The van der Waals surface area contributed by atoms with Gasteiger partial charge in [-0.05, 0) is 75.5 Å². The van der Waals surface area contributed by atoms with E-state index in [1.165, 1.54) is 25.9 Å². The maximum Gasteiger partial charge on any atom is 0.271 e. The fourth-order valence-electron chi connectivity index (χ4n) is 3.44. The van der Waals surface area contributed by atoms with Gasteiger partial charge in [0.05, 0.1) is 7.11 Å². The molecule has 146 valence electrons. The largest absolute Gasteiger partial charge is 0.494 e. The minimum absolute atomic E-state index is 0.132. The first kappa shape index (κ1) is 19.4. The second-order valence-corrected chi connectivity index (χ2v) is 7.45. The predicted octanol–water partition coefficient (Wildman–Crippen LogP) is 3.04. The van der Waals surface area contributed by atoms with E-state index in [1.807, 2.05) is 25.1 Å². The summed E-state index contributed by atoms with van der Waals surface area (Å²) in [4.78, 5) is 14.9. The number of carbonyl (C=O) groups excluding carboxylic acids is 1. The second kappa shape index (κ2) is 9.04. The van der Waals surface area contributed by atoms with E-state index in [0.717, 1.165) is 35.9 Å². The summed E-state index contributed by atoms with van der Waals surface area (Å²) >= 11 is 0. The molecule has 6 nitrogen and oxygen atoms in total. The fourth-order valence-corrected chi connectivity index (χ4v) is 3.44. The van der Waals surface area contributed by atoms with E-state index in [4.69, 9.17) is 4.74 Å². The van der Waals surface area contributed by atoms with Crippen LogP contribution in [0, 0.1) is 12.8 Å². The molecule has 1 N–H and O–H groups in total. The zero-order valence-electron chi connectivity index (χ0n) is 16.6. The van der Waals surface area contributed by atoms with E-state index >= 15 is 0 Å². The minimum Gasteiger partial charge on any atom is -0.494 e. The topological polar surface area (TPSA) is 59.4 Å². The average Bonchev–Trinajstić information content (AvgIpc) is 3.16. The van der Waals surface area contributed by atoms with E-state index in [2.05, 4.69) is 22.2 Å².